The fourth-order valence-electron chi connectivity index (χ4n) is 4.21. The minimum atomic E-state index is -4.94. The van der Waals surface area contributed by atoms with E-state index in [2.05, 4.69) is 33.7 Å². The molecule has 268 valence electrons. The molecule has 2 aromatic carbocycles. The largest absolute Gasteiger partial charge is 0.493 e. The van der Waals surface area contributed by atoms with E-state index in [1.807, 2.05) is 0 Å². The number of hydrogen-bond acceptors (Lipinski definition) is 18. The lowest BCUT2D eigenvalue weighted by Gasteiger charge is -2.16. The number of aromatic nitrogens is 2. The van der Waals surface area contributed by atoms with E-state index in [0.717, 1.165) is 36.4 Å². The number of carbonyl (C=O) groups excluding carboxylic acids is 2. The molecule has 0 saturated heterocycles. The van der Waals surface area contributed by atoms with Crippen molar-refractivity contribution >= 4 is 73.7 Å². The van der Waals surface area contributed by atoms with Gasteiger partial charge < -0.3 is 9.84 Å². The van der Waals surface area contributed by atoms with Crippen LogP contribution in [0.4, 0.5) is 5.69 Å². The summed E-state index contributed by atoms with van der Waals surface area (Å²) in [7, 11) is -9.78. The monoisotopic (exact) mass is 784 g/mol. The summed E-state index contributed by atoms with van der Waals surface area (Å²) in [5.74, 6) is -2.88. The maximum absolute atomic E-state index is 13.3. The summed E-state index contributed by atoms with van der Waals surface area (Å²) in [5, 5.41) is 43.6. The van der Waals surface area contributed by atoms with Gasteiger partial charge in [0.05, 0.1) is 52.3 Å². The zero-order chi connectivity index (χ0) is 37.5. The minimum absolute atomic E-state index is 0.0195. The number of amides is 1. The van der Waals surface area contributed by atoms with Crippen molar-refractivity contribution in [3.8, 4) is 24.1 Å². The molecule has 0 spiro atoms. The lowest BCUT2D eigenvalue weighted by molar-refractivity contribution is -0.432. The number of terminal acetylenes is 1. The topological polar surface area (TPSA) is 283 Å². The van der Waals surface area contributed by atoms with Crippen LogP contribution in [-0.2, 0) is 48.5 Å². The van der Waals surface area contributed by atoms with E-state index in [1.54, 1.807) is 6.11 Å². The second-order valence-corrected chi connectivity index (χ2v) is 13.6. The van der Waals surface area contributed by atoms with Gasteiger partial charge in [-0.1, -0.05) is 34.7 Å². The Morgan fingerprint density at radius 3 is 2.04 bits per heavy atom. The van der Waals surface area contributed by atoms with Crippen LogP contribution < -0.4 is 5.01 Å². The zero-order valence-electron chi connectivity index (χ0n) is 25.1. The summed E-state index contributed by atoms with van der Waals surface area (Å²) in [4.78, 5) is 24.7. The summed E-state index contributed by atoms with van der Waals surface area (Å²) in [6, 6.07) is 6.42. The second-order valence-electron chi connectivity index (χ2n) is 9.29. The molecule has 1 aliphatic rings. The van der Waals surface area contributed by atoms with Crippen LogP contribution in [0.15, 0.2) is 91.0 Å². The molecule has 1 aromatic heterocycles. The first-order valence-electron chi connectivity index (χ1n) is 13.1. The van der Waals surface area contributed by atoms with Crippen LogP contribution >= 0.6 is 24.1 Å². The van der Waals surface area contributed by atoms with Gasteiger partial charge in [-0.05, 0) is 55.5 Å². The number of hydrogen-bond donors (Lipinski definition) is 5. The highest BCUT2D eigenvalue weighted by Gasteiger charge is 2.33. The maximum Gasteiger partial charge on any atom is 0.373 e. The normalized spacial score (nSPS) is 14.5. The summed E-state index contributed by atoms with van der Waals surface area (Å²) in [6.07, 6.45) is 13.0. The van der Waals surface area contributed by atoms with E-state index in [0.29, 0.717) is 33.8 Å². The fraction of sp³-hybridized carbons (Fsp3) is 0.0370. The average Bonchev–Trinajstić information content (AvgIpc) is 3.55. The van der Waals surface area contributed by atoms with Crippen molar-refractivity contribution in [3.63, 3.8) is 0 Å². The molecule has 51 heavy (non-hydrogen) atoms. The Kier molecular flexibility index (Phi) is 12.5. The van der Waals surface area contributed by atoms with Crippen LogP contribution in [0.5, 0.6) is 5.88 Å². The third-order valence-electron chi connectivity index (χ3n) is 6.25. The van der Waals surface area contributed by atoms with Gasteiger partial charge in [0, 0.05) is 9.79 Å². The number of benzene rings is 2. The molecular formula is C27H20N4O16S4. The third kappa shape index (κ3) is 9.08. The van der Waals surface area contributed by atoms with Gasteiger partial charge in [-0.15, -0.1) is 8.67 Å². The molecule has 0 fully saturated rings. The molecule has 1 amide bonds. The lowest BCUT2D eigenvalue weighted by Crippen LogP contribution is -2.23. The van der Waals surface area contributed by atoms with Gasteiger partial charge in [0.25, 0.3) is 26.1 Å². The zero-order valence-corrected chi connectivity index (χ0v) is 28.3. The molecule has 0 radical (unpaired) electrons. The van der Waals surface area contributed by atoms with Gasteiger partial charge >= 0.3 is 5.97 Å². The van der Waals surface area contributed by atoms with Crippen molar-refractivity contribution in [1.82, 2.24) is 9.78 Å². The van der Waals surface area contributed by atoms with E-state index in [1.165, 1.54) is 37.3 Å². The molecule has 20 nitrogen and oxygen atoms in total. The van der Waals surface area contributed by atoms with Crippen molar-refractivity contribution in [1.29, 1.82) is 0 Å². The van der Waals surface area contributed by atoms with Crippen LogP contribution in [0, 0.1) is 12.5 Å². The van der Waals surface area contributed by atoms with Gasteiger partial charge in [-0.3, -0.25) is 13.9 Å². The van der Waals surface area contributed by atoms with Gasteiger partial charge in [0.2, 0.25) is 5.88 Å². The number of esters is 1. The Morgan fingerprint density at radius 2 is 1.49 bits per heavy atom. The van der Waals surface area contributed by atoms with E-state index < -0.39 is 59.2 Å². The van der Waals surface area contributed by atoms with Gasteiger partial charge in [0.1, 0.15) is 15.9 Å². The number of allylic oxidation sites excluding steroid dienone is 4. The molecule has 0 saturated carbocycles. The number of ether oxygens (including phenoxy) is 1. The number of aromatic hydroxyl groups is 1. The Morgan fingerprint density at radius 1 is 0.922 bits per heavy atom. The molecule has 24 heteroatoms. The number of hydrazone groups is 1. The molecule has 0 bridgehead atoms. The predicted octanol–water partition coefficient (Wildman–Crippen LogP) is 3.59. The highest BCUT2D eigenvalue weighted by molar-refractivity contribution is 7.94. The van der Waals surface area contributed by atoms with Crippen molar-refractivity contribution in [2.24, 2.45) is 5.10 Å². The molecule has 3 aromatic rings. The Hall–Kier alpha value is -4.88. The van der Waals surface area contributed by atoms with Crippen LogP contribution in [0.25, 0.3) is 11.8 Å². The first-order chi connectivity index (χ1) is 24.1. The molecular weight excluding hydrogens is 765 g/mol. The van der Waals surface area contributed by atoms with Crippen molar-refractivity contribution in [3.05, 3.63) is 77.5 Å². The number of rotatable bonds is 14. The van der Waals surface area contributed by atoms with Gasteiger partial charge in [-0.2, -0.15) is 36.7 Å². The minimum Gasteiger partial charge on any atom is -0.493 e. The highest BCUT2D eigenvalue weighted by Crippen LogP contribution is 2.35. The highest BCUT2D eigenvalue weighted by atomic mass is 32.2. The molecule has 4 rings (SSSR count). The third-order valence-corrected chi connectivity index (χ3v) is 9.20. The van der Waals surface area contributed by atoms with Crippen LogP contribution in [-0.4, -0.2) is 68.9 Å². The van der Waals surface area contributed by atoms with Crippen LogP contribution in [0.3, 0.4) is 0 Å². The average molecular weight is 785 g/mol. The Bertz CT molecular complexity index is 2260. The number of anilines is 1. The van der Waals surface area contributed by atoms with E-state index in [4.69, 9.17) is 16.9 Å². The molecule has 0 unspecified atom stereocenters. The van der Waals surface area contributed by atoms with Gasteiger partial charge in [0.15, 0.2) is 5.69 Å². The van der Waals surface area contributed by atoms with E-state index in [9.17, 15) is 40.6 Å². The molecule has 0 aliphatic carbocycles. The van der Waals surface area contributed by atoms with Crippen LogP contribution in [0.1, 0.15) is 23.0 Å². The molecule has 1 aliphatic heterocycles. The number of carbonyl (C=O) groups is 2. The first-order valence-corrected chi connectivity index (χ1v) is 17.5. The first kappa shape index (κ1) is 38.9. The van der Waals surface area contributed by atoms with E-state index >= 15 is 0 Å². The maximum atomic E-state index is 13.3. The summed E-state index contributed by atoms with van der Waals surface area (Å²) < 4.78 is 81.4. The fourth-order valence-corrected chi connectivity index (χ4v) is 6.29. The van der Waals surface area contributed by atoms with Crippen LogP contribution in [0.2, 0.25) is 0 Å². The van der Waals surface area contributed by atoms with Gasteiger partial charge in [-0.25, -0.2) is 15.3 Å². The standard InChI is InChI=1S/C27H20N4O16S4/c1-3-43-27(34)24-19(26(33)31(29-24)21-14-17(49-47-45-36)10-12-23(21)51(40,41)42)8-6-4-5-7-18-15(2)28-30(25(18)32)20-13-16(48-46-44-35)9-11-22(20)50(37,38)39/h1,4-14,33,35-36H,2H3,(H,37,38,39)(H,40,41,42)/b5-4+,8-6+,18-7-. The van der Waals surface area contributed by atoms with E-state index in [-0.39, 0.29) is 32.3 Å². The molecule has 2 heterocycles. The summed E-state index contributed by atoms with van der Waals surface area (Å²) >= 11 is 0.860. The SMILES string of the molecule is C#COC(=O)c1nn(-c2cc(SOOO)ccc2S(=O)(=O)O)c(O)c1/C=C/C=C/C=C1\C(=O)N(c2cc(SOOO)ccc2S(=O)(=O)O)N=C1C. The molecule has 5 N–H and O–H groups in total. The number of nitrogens with zero attached hydrogens (tertiary/aromatic N) is 4. The Labute approximate surface area is 295 Å². The smallest absolute Gasteiger partial charge is 0.373 e. The van der Waals surface area contributed by atoms with Crippen molar-refractivity contribution in [2.45, 2.75) is 26.5 Å². The summed E-state index contributed by atoms with van der Waals surface area (Å²) in [5.41, 5.74) is -1.66. The van der Waals surface area contributed by atoms with Crippen molar-refractivity contribution in [2.75, 3.05) is 5.01 Å². The molecule has 0 atom stereocenters. The Balaban J connectivity index is 1.69. The van der Waals surface area contributed by atoms with Crippen molar-refractivity contribution < 1.29 is 74.6 Å². The summed E-state index contributed by atoms with van der Waals surface area (Å²) in [6.45, 7) is 1.44. The quantitative estimate of drug-likeness (QED) is 0.0228. The second kappa shape index (κ2) is 16.4. The lowest BCUT2D eigenvalue weighted by atomic mass is 10.1. The predicted molar refractivity (Wildman–Crippen MR) is 174 cm³/mol.